The second kappa shape index (κ2) is 6.64. The number of hydrogen-bond acceptors (Lipinski definition) is 3. The summed E-state index contributed by atoms with van der Waals surface area (Å²) >= 11 is 0. The van der Waals surface area contributed by atoms with E-state index in [-0.39, 0.29) is 5.54 Å². The first-order valence-electron chi connectivity index (χ1n) is 10.7. The highest BCUT2D eigenvalue weighted by Gasteiger charge is 2.34. The Bertz CT molecular complexity index is 1220. The van der Waals surface area contributed by atoms with Crippen LogP contribution in [0.4, 0.5) is 0 Å². The zero-order valence-electron chi connectivity index (χ0n) is 16.9. The average molecular weight is 393 g/mol. The van der Waals surface area contributed by atoms with Crippen LogP contribution in [-0.2, 0) is 18.4 Å². The van der Waals surface area contributed by atoms with Gasteiger partial charge in [0.2, 0.25) is 0 Å². The maximum Gasteiger partial charge on any atom is 0.0784 e. The number of nitrogens with one attached hydrogen (secondary N) is 1. The minimum atomic E-state index is -0.138. The van der Waals surface area contributed by atoms with Crippen molar-refractivity contribution >= 4 is 0 Å². The highest BCUT2D eigenvalue weighted by atomic mass is 15.1. The van der Waals surface area contributed by atoms with Gasteiger partial charge in [-0.2, -0.15) is 5.10 Å². The Morgan fingerprint density at radius 1 is 0.867 bits per heavy atom. The molecule has 0 unspecified atom stereocenters. The van der Waals surface area contributed by atoms with Crippen molar-refractivity contribution in [2.75, 3.05) is 0 Å². The Balaban J connectivity index is 1.52. The first kappa shape index (κ1) is 17.6. The van der Waals surface area contributed by atoms with Crippen molar-refractivity contribution in [3.8, 4) is 33.6 Å². The molecular formula is C26H24N4. The van der Waals surface area contributed by atoms with Crippen molar-refractivity contribution in [1.82, 2.24) is 15.2 Å². The van der Waals surface area contributed by atoms with E-state index >= 15 is 0 Å². The molecule has 30 heavy (non-hydrogen) atoms. The van der Waals surface area contributed by atoms with Crippen LogP contribution in [0, 0.1) is 0 Å². The molecule has 4 nitrogen and oxygen atoms in total. The Hall–Kier alpha value is -3.24. The van der Waals surface area contributed by atoms with Crippen molar-refractivity contribution in [3.05, 3.63) is 83.7 Å². The molecule has 1 saturated carbocycles. The Morgan fingerprint density at radius 2 is 1.67 bits per heavy atom. The van der Waals surface area contributed by atoms with Gasteiger partial charge in [0.25, 0.3) is 0 Å². The monoisotopic (exact) mass is 392 g/mol. The van der Waals surface area contributed by atoms with E-state index < -0.39 is 0 Å². The molecule has 2 heterocycles. The molecule has 2 aliphatic rings. The van der Waals surface area contributed by atoms with Crippen LogP contribution in [0.2, 0.25) is 0 Å². The Morgan fingerprint density at radius 3 is 2.40 bits per heavy atom. The fourth-order valence-corrected chi connectivity index (χ4v) is 4.81. The lowest BCUT2D eigenvalue weighted by atomic mass is 9.72. The number of aromatic nitrogens is 3. The maximum absolute atomic E-state index is 6.53. The van der Waals surface area contributed by atoms with Gasteiger partial charge in [-0.3, -0.25) is 10.1 Å². The number of benzene rings is 2. The molecule has 2 aromatic carbocycles. The summed E-state index contributed by atoms with van der Waals surface area (Å²) in [5.41, 5.74) is 16.8. The van der Waals surface area contributed by atoms with Crippen LogP contribution in [0.3, 0.4) is 0 Å². The van der Waals surface area contributed by atoms with E-state index in [0.29, 0.717) is 0 Å². The van der Waals surface area contributed by atoms with Crippen LogP contribution in [0.25, 0.3) is 33.6 Å². The quantitative estimate of drug-likeness (QED) is 0.501. The molecule has 6 rings (SSSR count). The lowest BCUT2D eigenvalue weighted by Gasteiger charge is -2.38. The number of H-pyrrole nitrogens is 1. The van der Waals surface area contributed by atoms with Crippen molar-refractivity contribution in [2.24, 2.45) is 5.73 Å². The van der Waals surface area contributed by atoms with Crippen molar-refractivity contribution < 1.29 is 0 Å². The molecule has 0 radical (unpaired) electrons. The van der Waals surface area contributed by atoms with Gasteiger partial charge in [0.15, 0.2) is 0 Å². The second-order valence-corrected chi connectivity index (χ2v) is 8.60. The summed E-state index contributed by atoms with van der Waals surface area (Å²) in [5, 5.41) is 7.45. The first-order valence-corrected chi connectivity index (χ1v) is 10.7. The van der Waals surface area contributed by atoms with E-state index in [1.807, 2.05) is 6.20 Å². The van der Waals surface area contributed by atoms with Crippen LogP contribution in [0.1, 0.15) is 36.1 Å². The summed E-state index contributed by atoms with van der Waals surface area (Å²) in [6, 6.07) is 21.6. The van der Waals surface area contributed by atoms with Crippen LogP contribution in [0.15, 0.2) is 66.9 Å². The number of nitrogens with zero attached hydrogens (tertiary/aromatic N) is 2. The molecule has 2 aromatic heterocycles. The summed E-state index contributed by atoms with van der Waals surface area (Å²) < 4.78 is 0. The minimum Gasteiger partial charge on any atom is -0.321 e. The molecule has 148 valence electrons. The third-order valence-electron chi connectivity index (χ3n) is 6.78. The number of nitrogens with two attached hydrogens (primary N) is 1. The van der Waals surface area contributed by atoms with Crippen LogP contribution < -0.4 is 5.73 Å². The van der Waals surface area contributed by atoms with Crippen LogP contribution in [0.5, 0.6) is 0 Å². The third kappa shape index (κ3) is 2.71. The SMILES string of the molecule is NC1(c2ccc(-c3nc4c(cc3-c3ccccc3)-c3[nH]ncc3CC4)cc2)CCC1. The van der Waals surface area contributed by atoms with Gasteiger partial charge in [0.1, 0.15) is 0 Å². The van der Waals surface area contributed by atoms with E-state index in [1.54, 1.807) is 0 Å². The van der Waals surface area contributed by atoms with Gasteiger partial charge in [0.05, 0.1) is 23.3 Å². The highest BCUT2D eigenvalue weighted by molar-refractivity contribution is 5.85. The summed E-state index contributed by atoms with van der Waals surface area (Å²) in [4.78, 5) is 5.19. The van der Waals surface area contributed by atoms with Gasteiger partial charge in [-0.25, -0.2) is 0 Å². The number of pyridine rings is 1. The zero-order chi connectivity index (χ0) is 20.1. The molecule has 0 atom stereocenters. The molecule has 0 aliphatic heterocycles. The highest BCUT2D eigenvalue weighted by Crippen LogP contribution is 2.41. The number of hydrogen-bond donors (Lipinski definition) is 2. The lowest BCUT2D eigenvalue weighted by molar-refractivity contribution is 0.253. The van der Waals surface area contributed by atoms with E-state index in [9.17, 15) is 0 Å². The van der Waals surface area contributed by atoms with E-state index in [0.717, 1.165) is 53.9 Å². The summed E-state index contributed by atoms with van der Waals surface area (Å²) in [6.07, 6.45) is 7.23. The van der Waals surface area contributed by atoms with Gasteiger partial charge in [-0.15, -0.1) is 0 Å². The fraction of sp³-hybridized carbons (Fsp3) is 0.231. The Labute approximate surface area is 176 Å². The molecule has 1 fully saturated rings. The van der Waals surface area contributed by atoms with Crippen LogP contribution >= 0.6 is 0 Å². The number of aryl methyl sites for hydroxylation is 2. The van der Waals surface area contributed by atoms with Gasteiger partial charge in [0, 0.05) is 22.2 Å². The third-order valence-corrected chi connectivity index (χ3v) is 6.78. The van der Waals surface area contributed by atoms with Gasteiger partial charge in [-0.1, -0.05) is 54.6 Å². The van der Waals surface area contributed by atoms with Gasteiger partial charge < -0.3 is 5.73 Å². The molecule has 3 N–H and O–H groups in total. The van der Waals surface area contributed by atoms with E-state index in [2.05, 4.69) is 70.9 Å². The minimum absolute atomic E-state index is 0.138. The number of rotatable bonds is 3. The molecule has 4 aromatic rings. The second-order valence-electron chi connectivity index (χ2n) is 8.60. The maximum atomic E-state index is 6.53. The zero-order valence-corrected chi connectivity index (χ0v) is 16.9. The predicted molar refractivity (Wildman–Crippen MR) is 120 cm³/mol. The van der Waals surface area contributed by atoms with Crippen molar-refractivity contribution in [2.45, 2.75) is 37.6 Å². The van der Waals surface area contributed by atoms with Crippen molar-refractivity contribution in [1.29, 1.82) is 0 Å². The summed E-state index contributed by atoms with van der Waals surface area (Å²) in [6.45, 7) is 0. The predicted octanol–water partition coefficient (Wildman–Crippen LogP) is 5.24. The molecule has 0 saturated heterocycles. The smallest absolute Gasteiger partial charge is 0.0784 e. The molecule has 0 amide bonds. The van der Waals surface area contributed by atoms with E-state index in [4.69, 9.17) is 10.7 Å². The number of aromatic amines is 1. The van der Waals surface area contributed by atoms with Crippen molar-refractivity contribution in [3.63, 3.8) is 0 Å². The number of fused-ring (bicyclic) bond motifs is 3. The average Bonchev–Trinajstić information content (AvgIpc) is 3.27. The van der Waals surface area contributed by atoms with E-state index in [1.165, 1.54) is 28.7 Å². The van der Waals surface area contributed by atoms with Gasteiger partial charge in [-0.05, 0) is 54.9 Å². The molecule has 0 bridgehead atoms. The Kier molecular flexibility index (Phi) is 3.90. The van der Waals surface area contributed by atoms with Gasteiger partial charge >= 0.3 is 0 Å². The lowest BCUT2D eigenvalue weighted by Crippen LogP contribution is -2.43. The topological polar surface area (TPSA) is 67.6 Å². The summed E-state index contributed by atoms with van der Waals surface area (Å²) in [7, 11) is 0. The molecule has 4 heteroatoms. The molecule has 2 aliphatic carbocycles. The standard InChI is InChI=1S/C26H24N4/c27-26(13-4-14-26)20-10-7-18(8-11-20)24-21(17-5-2-1-3-6-17)15-22-23(29-24)12-9-19-16-28-30-25(19)22/h1-3,5-8,10-11,15-16H,4,9,12-14,27H2,(H,28,30). The molecule has 0 spiro atoms. The molecular weight excluding hydrogens is 368 g/mol. The normalized spacial score (nSPS) is 16.4. The van der Waals surface area contributed by atoms with Crippen LogP contribution in [-0.4, -0.2) is 15.2 Å². The fourth-order valence-electron chi connectivity index (χ4n) is 4.81. The first-order chi connectivity index (χ1) is 14.7. The summed E-state index contributed by atoms with van der Waals surface area (Å²) in [5.74, 6) is 0. The largest absolute Gasteiger partial charge is 0.321 e.